The first kappa shape index (κ1) is 19.0. The summed E-state index contributed by atoms with van der Waals surface area (Å²) < 4.78 is 5.58. The zero-order valence-corrected chi connectivity index (χ0v) is 16.3. The van der Waals surface area contributed by atoms with E-state index >= 15 is 0 Å². The molecule has 2 aliphatic rings. The van der Waals surface area contributed by atoms with Gasteiger partial charge in [-0.3, -0.25) is 4.90 Å². The van der Waals surface area contributed by atoms with Gasteiger partial charge in [0.15, 0.2) is 5.96 Å². The predicted octanol–water partition coefficient (Wildman–Crippen LogP) is 3.16. The standard InChI is InChI=1S/C21H34N4O/c1-3-22-21(23-15-17-8-7-11-20(14-17)26-4-2)24-18-12-13-25(16-18)19-9-5-6-10-19/h7-8,11,14,18-19H,3-6,9-10,12-13,15-16H2,1-2H3,(H2,22,23,24). The van der Waals surface area contributed by atoms with Crippen LogP contribution < -0.4 is 15.4 Å². The van der Waals surface area contributed by atoms with E-state index in [2.05, 4.69) is 34.6 Å². The van der Waals surface area contributed by atoms with Crippen LogP contribution in [0.15, 0.2) is 29.3 Å². The fraction of sp³-hybridized carbons (Fsp3) is 0.667. The van der Waals surface area contributed by atoms with Crippen molar-refractivity contribution in [3.63, 3.8) is 0 Å². The Morgan fingerprint density at radius 1 is 1.23 bits per heavy atom. The molecule has 0 spiro atoms. The molecule has 144 valence electrons. The van der Waals surface area contributed by atoms with Crippen LogP contribution in [0.1, 0.15) is 51.5 Å². The highest BCUT2D eigenvalue weighted by molar-refractivity contribution is 5.80. The first-order valence-corrected chi connectivity index (χ1v) is 10.3. The molecule has 26 heavy (non-hydrogen) atoms. The fourth-order valence-electron chi connectivity index (χ4n) is 4.09. The molecule has 0 aromatic heterocycles. The molecule has 5 heteroatoms. The lowest BCUT2D eigenvalue weighted by molar-refractivity contribution is 0.242. The minimum Gasteiger partial charge on any atom is -0.494 e. The maximum absolute atomic E-state index is 5.58. The Kier molecular flexibility index (Phi) is 7.18. The summed E-state index contributed by atoms with van der Waals surface area (Å²) in [5.74, 6) is 1.84. The molecule has 2 N–H and O–H groups in total. The number of likely N-dealkylation sites (tertiary alicyclic amines) is 1. The first-order valence-electron chi connectivity index (χ1n) is 10.3. The number of hydrogen-bond donors (Lipinski definition) is 2. The van der Waals surface area contributed by atoms with E-state index in [9.17, 15) is 0 Å². The summed E-state index contributed by atoms with van der Waals surface area (Å²) in [5.41, 5.74) is 1.17. The van der Waals surface area contributed by atoms with Gasteiger partial charge in [0.2, 0.25) is 0 Å². The van der Waals surface area contributed by atoms with Gasteiger partial charge in [0.1, 0.15) is 5.75 Å². The quantitative estimate of drug-likeness (QED) is 0.581. The lowest BCUT2D eigenvalue weighted by Gasteiger charge is -2.24. The lowest BCUT2D eigenvalue weighted by atomic mass is 10.2. The number of ether oxygens (including phenoxy) is 1. The van der Waals surface area contributed by atoms with E-state index in [1.807, 2.05) is 19.1 Å². The summed E-state index contributed by atoms with van der Waals surface area (Å²) in [6.45, 7) is 8.73. The largest absolute Gasteiger partial charge is 0.494 e. The van der Waals surface area contributed by atoms with Crippen LogP contribution in [0.5, 0.6) is 5.75 Å². The Labute approximate surface area is 158 Å². The van der Waals surface area contributed by atoms with Crippen LogP contribution in [0, 0.1) is 0 Å². The molecule has 1 aromatic rings. The summed E-state index contributed by atoms with van der Waals surface area (Å²) >= 11 is 0. The number of nitrogens with one attached hydrogen (secondary N) is 2. The van der Waals surface area contributed by atoms with Crippen molar-refractivity contribution in [1.29, 1.82) is 0 Å². The first-order chi connectivity index (χ1) is 12.8. The third-order valence-corrected chi connectivity index (χ3v) is 5.38. The van der Waals surface area contributed by atoms with Crippen molar-refractivity contribution in [2.24, 2.45) is 4.99 Å². The van der Waals surface area contributed by atoms with E-state index in [4.69, 9.17) is 9.73 Å². The number of hydrogen-bond acceptors (Lipinski definition) is 3. The molecule has 1 aliphatic carbocycles. The van der Waals surface area contributed by atoms with Gasteiger partial charge in [0.05, 0.1) is 13.2 Å². The van der Waals surface area contributed by atoms with Gasteiger partial charge in [-0.1, -0.05) is 25.0 Å². The summed E-state index contributed by atoms with van der Waals surface area (Å²) in [5, 5.41) is 7.04. The zero-order valence-electron chi connectivity index (χ0n) is 16.3. The normalized spacial score (nSPS) is 21.9. The van der Waals surface area contributed by atoms with Gasteiger partial charge in [-0.15, -0.1) is 0 Å². The van der Waals surface area contributed by atoms with Crippen molar-refractivity contribution in [3.8, 4) is 5.75 Å². The number of guanidine groups is 1. The van der Waals surface area contributed by atoms with Gasteiger partial charge >= 0.3 is 0 Å². The number of rotatable bonds is 7. The van der Waals surface area contributed by atoms with E-state index in [1.165, 1.54) is 44.2 Å². The third-order valence-electron chi connectivity index (χ3n) is 5.38. The molecule has 2 fully saturated rings. The number of nitrogens with zero attached hydrogens (tertiary/aromatic N) is 2. The molecule has 0 bridgehead atoms. The Balaban J connectivity index is 1.54. The van der Waals surface area contributed by atoms with Crippen molar-refractivity contribution >= 4 is 5.96 Å². The molecule has 1 aliphatic heterocycles. The van der Waals surface area contributed by atoms with Gasteiger partial charge in [0, 0.05) is 31.7 Å². The van der Waals surface area contributed by atoms with Crippen LogP contribution in [0.3, 0.4) is 0 Å². The molecule has 5 nitrogen and oxygen atoms in total. The molecule has 3 rings (SSSR count). The van der Waals surface area contributed by atoms with E-state index in [0.29, 0.717) is 19.2 Å². The summed E-state index contributed by atoms with van der Waals surface area (Å²) in [6, 6.07) is 9.54. The molecular formula is C21H34N4O. The topological polar surface area (TPSA) is 48.9 Å². The predicted molar refractivity (Wildman–Crippen MR) is 108 cm³/mol. The van der Waals surface area contributed by atoms with Crippen LogP contribution in [-0.2, 0) is 6.54 Å². The minimum absolute atomic E-state index is 0.503. The number of benzene rings is 1. The van der Waals surface area contributed by atoms with Gasteiger partial charge in [-0.25, -0.2) is 4.99 Å². The highest BCUT2D eigenvalue weighted by Gasteiger charge is 2.30. The van der Waals surface area contributed by atoms with Gasteiger partial charge in [-0.05, 0) is 50.8 Å². The monoisotopic (exact) mass is 358 g/mol. The molecule has 0 radical (unpaired) electrons. The van der Waals surface area contributed by atoms with Crippen molar-refractivity contribution < 1.29 is 4.74 Å². The van der Waals surface area contributed by atoms with Crippen LogP contribution in [0.25, 0.3) is 0 Å². The van der Waals surface area contributed by atoms with Crippen LogP contribution in [0.4, 0.5) is 0 Å². The van der Waals surface area contributed by atoms with Gasteiger partial charge in [-0.2, -0.15) is 0 Å². The maximum Gasteiger partial charge on any atom is 0.191 e. The fourth-order valence-corrected chi connectivity index (χ4v) is 4.09. The lowest BCUT2D eigenvalue weighted by Crippen LogP contribution is -2.45. The summed E-state index contributed by atoms with van der Waals surface area (Å²) in [7, 11) is 0. The Morgan fingerprint density at radius 2 is 2.08 bits per heavy atom. The summed E-state index contributed by atoms with van der Waals surface area (Å²) in [6.07, 6.45) is 6.79. The summed E-state index contributed by atoms with van der Waals surface area (Å²) in [4.78, 5) is 7.47. The Hall–Kier alpha value is -1.75. The smallest absolute Gasteiger partial charge is 0.191 e. The second kappa shape index (κ2) is 9.81. The number of aliphatic imine (C=N–C) groups is 1. The SMILES string of the molecule is CCNC(=NCc1cccc(OCC)c1)NC1CCN(C2CCCC2)C1. The van der Waals surface area contributed by atoms with E-state index in [0.717, 1.165) is 30.8 Å². The minimum atomic E-state index is 0.503. The van der Waals surface area contributed by atoms with Crippen molar-refractivity contribution in [1.82, 2.24) is 15.5 Å². The van der Waals surface area contributed by atoms with Crippen LogP contribution in [-0.4, -0.2) is 49.2 Å². The van der Waals surface area contributed by atoms with Crippen molar-refractivity contribution in [2.75, 3.05) is 26.2 Å². The molecule has 1 aromatic carbocycles. The third kappa shape index (κ3) is 5.37. The van der Waals surface area contributed by atoms with Crippen LogP contribution >= 0.6 is 0 Å². The van der Waals surface area contributed by atoms with Crippen molar-refractivity contribution in [3.05, 3.63) is 29.8 Å². The zero-order chi connectivity index (χ0) is 18.2. The molecule has 1 heterocycles. The van der Waals surface area contributed by atoms with E-state index in [-0.39, 0.29) is 0 Å². The van der Waals surface area contributed by atoms with E-state index in [1.54, 1.807) is 0 Å². The Morgan fingerprint density at radius 3 is 2.85 bits per heavy atom. The molecule has 1 atom stereocenters. The highest BCUT2D eigenvalue weighted by atomic mass is 16.5. The molecule has 1 saturated heterocycles. The van der Waals surface area contributed by atoms with Gasteiger partial charge < -0.3 is 15.4 Å². The average Bonchev–Trinajstić information content (AvgIpc) is 3.32. The van der Waals surface area contributed by atoms with Crippen molar-refractivity contribution in [2.45, 2.75) is 64.6 Å². The molecule has 0 amide bonds. The van der Waals surface area contributed by atoms with Gasteiger partial charge in [0.25, 0.3) is 0 Å². The molecule has 1 unspecified atom stereocenters. The van der Waals surface area contributed by atoms with Crippen LogP contribution in [0.2, 0.25) is 0 Å². The highest BCUT2D eigenvalue weighted by Crippen LogP contribution is 2.26. The van der Waals surface area contributed by atoms with E-state index < -0.39 is 0 Å². The maximum atomic E-state index is 5.58. The average molecular weight is 359 g/mol. The molecular weight excluding hydrogens is 324 g/mol. The second-order valence-corrected chi connectivity index (χ2v) is 7.34. The molecule has 1 saturated carbocycles. The second-order valence-electron chi connectivity index (χ2n) is 7.34. The Bertz CT molecular complexity index is 583.